The van der Waals surface area contributed by atoms with Crippen LogP contribution in [0.3, 0.4) is 0 Å². The normalized spacial score (nSPS) is 27.6. The number of hydrogen-bond acceptors (Lipinski definition) is 1. The highest BCUT2D eigenvalue weighted by Gasteiger charge is 2.20. The molecule has 0 saturated heterocycles. The summed E-state index contributed by atoms with van der Waals surface area (Å²) in [5, 5.41) is 0. The third kappa shape index (κ3) is 2.13. The maximum Gasteiger partial charge on any atom is 0.123 e. The zero-order chi connectivity index (χ0) is 9.97. The number of rotatable bonds is 1. The second kappa shape index (κ2) is 4.09. The lowest BCUT2D eigenvalue weighted by Gasteiger charge is -2.26. The molecule has 0 bridgehead atoms. The molecule has 1 fully saturated rings. The highest BCUT2D eigenvalue weighted by atomic mass is 19.1. The summed E-state index contributed by atoms with van der Waals surface area (Å²) >= 11 is 0. The lowest BCUT2D eigenvalue weighted by molar-refractivity contribution is 0.393. The predicted molar refractivity (Wildman–Crippen MR) is 55.6 cm³/mol. The molecule has 76 valence electrons. The van der Waals surface area contributed by atoms with Gasteiger partial charge in [0, 0.05) is 6.04 Å². The lowest BCUT2D eigenvalue weighted by Crippen LogP contribution is -2.26. The summed E-state index contributed by atoms with van der Waals surface area (Å²) in [6.07, 6.45) is 4.58. The van der Waals surface area contributed by atoms with Gasteiger partial charge in [-0.2, -0.15) is 0 Å². The van der Waals surface area contributed by atoms with Gasteiger partial charge >= 0.3 is 0 Å². The molecule has 2 atom stereocenters. The third-order valence-electron chi connectivity index (χ3n) is 3.06. The van der Waals surface area contributed by atoms with Crippen molar-refractivity contribution in [2.24, 2.45) is 5.73 Å². The Kier molecular flexibility index (Phi) is 2.82. The minimum Gasteiger partial charge on any atom is -0.328 e. The van der Waals surface area contributed by atoms with Crippen LogP contribution >= 0.6 is 0 Å². The van der Waals surface area contributed by atoms with Crippen LogP contribution in [0, 0.1) is 5.82 Å². The monoisotopic (exact) mass is 193 g/mol. The molecule has 0 aliphatic heterocycles. The Hall–Kier alpha value is -0.890. The van der Waals surface area contributed by atoms with E-state index in [1.165, 1.54) is 30.5 Å². The summed E-state index contributed by atoms with van der Waals surface area (Å²) < 4.78 is 12.7. The Balaban J connectivity index is 2.10. The van der Waals surface area contributed by atoms with Gasteiger partial charge < -0.3 is 5.73 Å². The van der Waals surface area contributed by atoms with Gasteiger partial charge in [-0.25, -0.2) is 4.39 Å². The van der Waals surface area contributed by atoms with E-state index in [0.717, 1.165) is 12.8 Å². The van der Waals surface area contributed by atoms with E-state index in [-0.39, 0.29) is 5.82 Å². The zero-order valence-corrected chi connectivity index (χ0v) is 8.25. The molecule has 1 nitrogen and oxygen atoms in total. The van der Waals surface area contributed by atoms with Crippen molar-refractivity contribution in [2.45, 2.75) is 37.6 Å². The van der Waals surface area contributed by atoms with Crippen LogP contribution in [0.4, 0.5) is 4.39 Å². The van der Waals surface area contributed by atoms with Crippen LogP contribution in [0.5, 0.6) is 0 Å². The lowest BCUT2D eigenvalue weighted by atomic mass is 9.82. The average molecular weight is 193 g/mol. The smallest absolute Gasteiger partial charge is 0.123 e. The van der Waals surface area contributed by atoms with E-state index in [4.69, 9.17) is 5.73 Å². The fraction of sp³-hybridized carbons (Fsp3) is 0.500. The molecule has 2 heteroatoms. The molecule has 1 aromatic carbocycles. The van der Waals surface area contributed by atoms with Crippen molar-refractivity contribution in [3.63, 3.8) is 0 Å². The highest BCUT2D eigenvalue weighted by Crippen LogP contribution is 2.31. The van der Waals surface area contributed by atoms with Crippen LogP contribution in [-0.2, 0) is 0 Å². The minimum atomic E-state index is -0.158. The van der Waals surface area contributed by atoms with Crippen LogP contribution in [0.15, 0.2) is 24.3 Å². The van der Waals surface area contributed by atoms with Crippen LogP contribution in [-0.4, -0.2) is 6.04 Å². The van der Waals surface area contributed by atoms with Crippen LogP contribution in [0.2, 0.25) is 0 Å². The van der Waals surface area contributed by atoms with E-state index in [2.05, 4.69) is 0 Å². The summed E-state index contributed by atoms with van der Waals surface area (Å²) in [5.41, 5.74) is 7.16. The van der Waals surface area contributed by atoms with E-state index >= 15 is 0 Å². The molecule has 0 spiro atoms. The summed E-state index contributed by atoms with van der Waals surface area (Å²) in [6, 6.07) is 7.18. The van der Waals surface area contributed by atoms with Crippen molar-refractivity contribution >= 4 is 0 Å². The fourth-order valence-corrected chi connectivity index (χ4v) is 2.27. The molecule has 1 aliphatic rings. The molecule has 2 N–H and O–H groups in total. The summed E-state index contributed by atoms with van der Waals surface area (Å²) in [4.78, 5) is 0. The molecule has 0 heterocycles. The second-order valence-electron chi connectivity index (χ2n) is 4.18. The van der Waals surface area contributed by atoms with Crippen molar-refractivity contribution in [2.75, 3.05) is 0 Å². The van der Waals surface area contributed by atoms with Gasteiger partial charge in [-0.3, -0.25) is 0 Å². The van der Waals surface area contributed by atoms with Gasteiger partial charge in [-0.05, 0) is 42.9 Å². The predicted octanol–water partition coefficient (Wildman–Crippen LogP) is 2.81. The quantitative estimate of drug-likeness (QED) is 0.729. The molecule has 1 saturated carbocycles. The second-order valence-corrected chi connectivity index (χ2v) is 4.18. The SMILES string of the molecule is N[C@@H]1CCC[C@H](c2ccc(F)cc2)C1. The maximum absolute atomic E-state index is 12.7. The van der Waals surface area contributed by atoms with E-state index in [9.17, 15) is 4.39 Å². The molecule has 0 unspecified atom stereocenters. The van der Waals surface area contributed by atoms with Gasteiger partial charge in [0.1, 0.15) is 5.82 Å². The van der Waals surface area contributed by atoms with Crippen molar-refractivity contribution < 1.29 is 4.39 Å². The van der Waals surface area contributed by atoms with Gasteiger partial charge in [0.25, 0.3) is 0 Å². The van der Waals surface area contributed by atoms with Gasteiger partial charge in [0.05, 0.1) is 0 Å². The molecule has 2 rings (SSSR count). The largest absolute Gasteiger partial charge is 0.328 e. The molecule has 0 amide bonds. The molecule has 0 radical (unpaired) electrons. The Labute approximate surface area is 84.1 Å². The molecule has 14 heavy (non-hydrogen) atoms. The van der Waals surface area contributed by atoms with Crippen molar-refractivity contribution in [3.8, 4) is 0 Å². The first-order valence-corrected chi connectivity index (χ1v) is 5.27. The van der Waals surface area contributed by atoms with Crippen molar-refractivity contribution in [1.29, 1.82) is 0 Å². The highest BCUT2D eigenvalue weighted by molar-refractivity contribution is 5.21. The Bertz CT molecular complexity index is 294. The topological polar surface area (TPSA) is 26.0 Å². The van der Waals surface area contributed by atoms with Crippen LogP contribution in [0.25, 0.3) is 0 Å². The van der Waals surface area contributed by atoms with Crippen molar-refractivity contribution in [3.05, 3.63) is 35.6 Å². The van der Waals surface area contributed by atoms with Crippen LogP contribution in [0.1, 0.15) is 37.2 Å². The number of halogens is 1. The fourth-order valence-electron chi connectivity index (χ4n) is 2.27. The van der Waals surface area contributed by atoms with Gasteiger partial charge in [0.2, 0.25) is 0 Å². The van der Waals surface area contributed by atoms with E-state index in [1.54, 1.807) is 0 Å². The van der Waals surface area contributed by atoms with Gasteiger partial charge in [-0.1, -0.05) is 18.6 Å². The van der Waals surface area contributed by atoms with E-state index in [1.807, 2.05) is 12.1 Å². The number of hydrogen-bond donors (Lipinski definition) is 1. The standard InChI is InChI=1S/C12H16FN/c13-11-6-4-9(5-7-11)10-2-1-3-12(14)8-10/h4-7,10,12H,1-3,8,14H2/t10-,12+/m0/s1. The molecule has 1 aromatic rings. The number of nitrogens with two attached hydrogens (primary N) is 1. The Morgan fingerprint density at radius 1 is 1.14 bits per heavy atom. The number of benzene rings is 1. The van der Waals surface area contributed by atoms with E-state index in [0.29, 0.717) is 12.0 Å². The molecular formula is C12H16FN. The molecule has 0 aromatic heterocycles. The van der Waals surface area contributed by atoms with Crippen LogP contribution < -0.4 is 5.73 Å². The maximum atomic E-state index is 12.7. The Morgan fingerprint density at radius 2 is 1.86 bits per heavy atom. The zero-order valence-electron chi connectivity index (χ0n) is 8.25. The summed E-state index contributed by atoms with van der Waals surface area (Å²) in [5.74, 6) is 0.383. The first-order valence-electron chi connectivity index (χ1n) is 5.27. The minimum absolute atomic E-state index is 0.158. The summed E-state index contributed by atoms with van der Waals surface area (Å²) in [7, 11) is 0. The van der Waals surface area contributed by atoms with Gasteiger partial charge in [-0.15, -0.1) is 0 Å². The molecular weight excluding hydrogens is 177 g/mol. The molecule has 1 aliphatic carbocycles. The Morgan fingerprint density at radius 3 is 2.50 bits per heavy atom. The van der Waals surface area contributed by atoms with E-state index < -0.39 is 0 Å². The summed E-state index contributed by atoms with van der Waals surface area (Å²) in [6.45, 7) is 0. The first-order chi connectivity index (χ1) is 6.75. The van der Waals surface area contributed by atoms with Gasteiger partial charge in [0.15, 0.2) is 0 Å². The average Bonchev–Trinajstić information content (AvgIpc) is 2.19. The first kappa shape index (κ1) is 9.66. The third-order valence-corrected chi connectivity index (χ3v) is 3.06. The van der Waals surface area contributed by atoms with Crippen molar-refractivity contribution in [1.82, 2.24) is 0 Å².